The second-order valence-electron chi connectivity index (χ2n) is 5.64. The lowest BCUT2D eigenvalue weighted by Gasteiger charge is -2.08. The highest BCUT2D eigenvalue weighted by Crippen LogP contribution is 2.20. The van der Waals surface area contributed by atoms with E-state index in [0.29, 0.717) is 23.4 Å². The zero-order valence-electron chi connectivity index (χ0n) is 14.1. The Hall–Kier alpha value is -3.22. The molecule has 0 aliphatic carbocycles. The molecule has 0 bridgehead atoms. The van der Waals surface area contributed by atoms with Gasteiger partial charge in [0.2, 0.25) is 0 Å². The molecule has 1 amide bonds. The molecule has 0 aliphatic heterocycles. The van der Waals surface area contributed by atoms with Gasteiger partial charge in [-0.25, -0.2) is 18.3 Å². The molecule has 3 aromatic rings. The van der Waals surface area contributed by atoms with Crippen molar-refractivity contribution in [2.24, 2.45) is 0 Å². The first-order valence-corrected chi connectivity index (χ1v) is 8.04. The molecule has 26 heavy (non-hydrogen) atoms. The van der Waals surface area contributed by atoms with Crippen molar-refractivity contribution in [1.82, 2.24) is 15.1 Å². The van der Waals surface area contributed by atoms with Crippen LogP contribution in [0.5, 0.6) is 5.75 Å². The number of carbonyl (C=O) groups excluding carboxylic acids is 1. The van der Waals surface area contributed by atoms with Gasteiger partial charge in [-0.15, -0.1) is 0 Å². The van der Waals surface area contributed by atoms with Gasteiger partial charge >= 0.3 is 6.09 Å². The summed E-state index contributed by atoms with van der Waals surface area (Å²) in [5, 5.41) is 6.72. The summed E-state index contributed by atoms with van der Waals surface area (Å²) in [6, 6.07) is 12.2. The number of rotatable bonds is 5. The first-order chi connectivity index (χ1) is 12.5. The van der Waals surface area contributed by atoms with Gasteiger partial charge in [0.15, 0.2) is 5.75 Å². The third-order valence-electron chi connectivity index (χ3n) is 3.86. The minimum Gasteiger partial charge on any atom is -0.407 e. The second-order valence-corrected chi connectivity index (χ2v) is 5.64. The van der Waals surface area contributed by atoms with E-state index in [1.165, 1.54) is 24.4 Å². The number of hydrogen-bond donors (Lipinski definition) is 1. The molecule has 0 atom stereocenters. The maximum absolute atomic E-state index is 13.5. The summed E-state index contributed by atoms with van der Waals surface area (Å²) >= 11 is 0. The molecule has 2 aromatic carbocycles. The number of amides is 1. The van der Waals surface area contributed by atoms with Crippen molar-refractivity contribution in [2.75, 3.05) is 6.54 Å². The molecule has 1 aromatic heterocycles. The van der Waals surface area contributed by atoms with Gasteiger partial charge in [-0.3, -0.25) is 0 Å². The molecule has 3 rings (SSSR count). The van der Waals surface area contributed by atoms with Crippen molar-refractivity contribution in [3.05, 3.63) is 77.6 Å². The highest BCUT2D eigenvalue weighted by atomic mass is 19.1. The van der Waals surface area contributed by atoms with Crippen molar-refractivity contribution in [1.29, 1.82) is 0 Å². The van der Waals surface area contributed by atoms with E-state index in [2.05, 4.69) is 10.4 Å². The fraction of sp³-hybridized carbons (Fsp3) is 0.158. The molecule has 0 radical (unpaired) electrons. The van der Waals surface area contributed by atoms with Gasteiger partial charge in [-0.05, 0) is 49.2 Å². The Morgan fingerprint density at radius 1 is 1.15 bits per heavy atom. The lowest BCUT2D eigenvalue weighted by molar-refractivity contribution is 0.200. The molecule has 7 heteroatoms. The van der Waals surface area contributed by atoms with Gasteiger partial charge in [-0.1, -0.05) is 18.2 Å². The fourth-order valence-electron chi connectivity index (χ4n) is 2.47. The molecule has 1 N–H and O–H groups in total. The lowest BCUT2D eigenvalue weighted by atomic mass is 10.1. The van der Waals surface area contributed by atoms with Gasteiger partial charge in [0.05, 0.1) is 17.6 Å². The van der Waals surface area contributed by atoms with Crippen LogP contribution in [0, 0.1) is 18.6 Å². The molecule has 0 spiro atoms. The Morgan fingerprint density at radius 3 is 2.62 bits per heavy atom. The number of halogens is 2. The Kier molecular flexibility index (Phi) is 5.26. The predicted molar refractivity (Wildman–Crippen MR) is 92.4 cm³/mol. The van der Waals surface area contributed by atoms with E-state index in [4.69, 9.17) is 4.74 Å². The first-order valence-electron chi connectivity index (χ1n) is 8.04. The minimum atomic E-state index is -0.650. The molecule has 1 heterocycles. The molecule has 0 saturated carbocycles. The normalized spacial score (nSPS) is 10.6. The van der Waals surface area contributed by atoms with Crippen LogP contribution in [-0.4, -0.2) is 22.4 Å². The number of ether oxygens (including phenoxy) is 1. The quantitative estimate of drug-likeness (QED) is 0.756. The van der Waals surface area contributed by atoms with E-state index >= 15 is 0 Å². The van der Waals surface area contributed by atoms with Crippen molar-refractivity contribution < 1.29 is 18.3 Å². The van der Waals surface area contributed by atoms with Crippen LogP contribution in [0.2, 0.25) is 0 Å². The summed E-state index contributed by atoms with van der Waals surface area (Å²) in [5.74, 6) is -0.360. The van der Waals surface area contributed by atoms with Gasteiger partial charge in [0.1, 0.15) is 11.6 Å². The SMILES string of the molecule is Cc1c(OC(=O)NCCc2ccccc2F)cnn1-c1ccc(F)cc1. The van der Waals surface area contributed by atoms with Crippen molar-refractivity contribution in [3.8, 4) is 11.4 Å². The number of carbonyl (C=O) groups is 1. The largest absolute Gasteiger partial charge is 0.412 e. The summed E-state index contributed by atoms with van der Waals surface area (Å²) in [7, 11) is 0. The van der Waals surface area contributed by atoms with E-state index in [0.717, 1.165) is 0 Å². The van der Waals surface area contributed by atoms with E-state index in [1.807, 2.05) is 0 Å². The van der Waals surface area contributed by atoms with Crippen LogP contribution in [-0.2, 0) is 6.42 Å². The van der Waals surface area contributed by atoms with E-state index < -0.39 is 6.09 Å². The Bertz CT molecular complexity index is 907. The Labute approximate surface area is 149 Å². The first kappa shape index (κ1) is 17.6. The average Bonchev–Trinajstić information content (AvgIpc) is 2.98. The topological polar surface area (TPSA) is 56.1 Å². The summed E-state index contributed by atoms with van der Waals surface area (Å²) in [6.07, 6.45) is 1.12. The zero-order valence-corrected chi connectivity index (χ0v) is 14.1. The maximum atomic E-state index is 13.5. The van der Waals surface area contributed by atoms with E-state index in [-0.39, 0.29) is 23.9 Å². The molecule has 0 aliphatic rings. The zero-order chi connectivity index (χ0) is 18.5. The molecular weight excluding hydrogens is 340 g/mol. The number of benzene rings is 2. The van der Waals surface area contributed by atoms with Gasteiger partial charge in [-0.2, -0.15) is 5.10 Å². The van der Waals surface area contributed by atoms with Crippen LogP contribution in [0.1, 0.15) is 11.3 Å². The van der Waals surface area contributed by atoms with Crippen LogP contribution in [0.15, 0.2) is 54.7 Å². The van der Waals surface area contributed by atoms with Crippen LogP contribution in [0.3, 0.4) is 0 Å². The summed E-state index contributed by atoms with van der Waals surface area (Å²) in [6.45, 7) is 1.98. The fourth-order valence-corrected chi connectivity index (χ4v) is 2.47. The van der Waals surface area contributed by atoms with Crippen LogP contribution >= 0.6 is 0 Å². The molecule has 5 nitrogen and oxygen atoms in total. The third-order valence-corrected chi connectivity index (χ3v) is 3.86. The highest BCUT2D eigenvalue weighted by Gasteiger charge is 2.13. The summed E-state index contributed by atoms with van der Waals surface area (Å²) in [5.41, 5.74) is 1.77. The van der Waals surface area contributed by atoms with Crippen LogP contribution < -0.4 is 10.1 Å². The van der Waals surface area contributed by atoms with E-state index in [1.54, 1.807) is 41.9 Å². The molecule has 0 saturated heterocycles. The summed E-state index contributed by atoms with van der Waals surface area (Å²) < 4.78 is 33.3. The Balaban J connectivity index is 1.58. The van der Waals surface area contributed by atoms with Gasteiger partial charge in [0, 0.05) is 6.54 Å². The predicted octanol–water partition coefficient (Wildman–Crippen LogP) is 3.79. The second kappa shape index (κ2) is 7.77. The van der Waals surface area contributed by atoms with Gasteiger partial charge < -0.3 is 10.1 Å². The maximum Gasteiger partial charge on any atom is 0.412 e. The van der Waals surface area contributed by atoms with Crippen molar-refractivity contribution >= 4 is 6.09 Å². The molecular formula is C19H17F2N3O2. The highest BCUT2D eigenvalue weighted by molar-refractivity contribution is 5.70. The number of nitrogens with one attached hydrogen (secondary N) is 1. The molecule has 0 fully saturated rings. The van der Waals surface area contributed by atoms with Crippen LogP contribution in [0.25, 0.3) is 5.69 Å². The number of aromatic nitrogens is 2. The third kappa shape index (κ3) is 4.05. The number of hydrogen-bond acceptors (Lipinski definition) is 3. The van der Waals surface area contributed by atoms with E-state index in [9.17, 15) is 13.6 Å². The van der Waals surface area contributed by atoms with Crippen molar-refractivity contribution in [2.45, 2.75) is 13.3 Å². The lowest BCUT2D eigenvalue weighted by Crippen LogP contribution is -2.29. The Morgan fingerprint density at radius 2 is 1.88 bits per heavy atom. The van der Waals surface area contributed by atoms with Crippen molar-refractivity contribution in [3.63, 3.8) is 0 Å². The smallest absolute Gasteiger partial charge is 0.407 e. The average molecular weight is 357 g/mol. The minimum absolute atomic E-state index is 0.241. The number of nitrogens with zero attached hydrogens (tertiary/aromatic N) is 2. The monoisotopic (exact) mass is 357 g/mol. The summed E-state index contributed by atoms with van der Waals surface area (Å²) in [4.78, 5) is 11.9. The molecule has 134 valence electrons. The molecule has 0 unspecified atom stereocenters. The van der Waals surface area contributed by atoms with Gasteiger partial charge in [0.25, 0.3) is 0 Å². The van der Waals surface area contributed by atoms with Crippen LogP contribution in [0.4, 0.5) is 13.6 Å². The standard InChI is InChI=1S/C19H17F2N3O2/c1-13-18(12-23-24(13)16-8-6-15(20)7-9-16)26-19(25)22-11-10-14-4-2-3-5-17(14)21/h2-9,12H,10-11H2,1H3,(H,22,25).